The highest BCUT2D eigenvalue weighted by Crippen LogP contribution is 2.02. The molecule has 2 N–H and O–H groups in total. The Morgan fingerprint density at radius 1 is 1.26 bits per heavy atom. The van der Waals surface area contributed by atoms with Crippen molar-refractivity contribution < 1.29 is 8.42 Å². The van der Waals surface area contributed by atoms with Gasteiger partial charge in [0.05, 0.1) is 17.5 Å². The number of aryl methyl sites for hydroxylation is 1. The van der Waals surface area contributed by atoms with Crippen molar-refractivity contribution in [2.24, 2.45) is 0 Å². The van der Waals surface area contributed by atoms with Crippen molar-refractivity contribution in [1.29, 1.82) is 0 Å². The van der Waals surface area contributed by atoms with Crippen molar-refractivity contribution in [3.05, 3.63) is 29.6 Å². The zero-order chi connectivity index (χ0) is 14.5. The van der Waals surface area contributed by atoms with Crippen LogP contribution in [0.25, 0.3) is 0 Å². The highest BCUT2D eigenvalue weighted by Gasteiger charge is 2.20. The third kappa shape index (κ3) is 5.67. The Kier molecular flexibility index (Phi) is 5.90. The van der Waals surface area contributed by atoms with Gasteiger partial charge in [-0.15, -0.1) is 0 Å². The van der Waals surface area contributed by atoms with E-state index in [4.69, 9.17) is 0 Å². The van der Waals surface area contributed by atoms with Crippen molar-refractivity contribution in [2.45, 2.75) is 45.5 Å². The number of hydrogen-bond acceptors (Lipinski definition) is 4. The van der Waals surface area contributed by atoms with Crippen LogP contribution in [0.2, 0.25) is 0 Å². The van der Waals surface area contributed by atoms with E-state index in [1.165, 1.54) is 0 Å². The molecule has 0 radical (unpaired) electrons. The van der Waals surface area contributed by atoms with E-state index in [0.717, 1.165) is 11.4 Å². The molecule has 0 aliphatic rings. The summed E-state index contributed by atoms with van der Waals surface area (Å²) in [6, 6.07) is 5.84. The van der Waals surface area contributed by atoms with Crippen LogP contribution in [0.3, 0.4) is 0 Å². The van der Waals surface area contributed by atoms with Gasteiger partial charge in [-0.25, -0.2) is 13.1 Å². The third-order valence-corrected chi connectivity index (χ3v) is 4.52. The highest BCUT2D eigenvalue weighted by molar-refractivity contribution is 7.90. The molecule has 19 heavy (non-hydrogen) atoms. The van der Waals surface area contributed by atoms with Crippen LogP contribution in [0.4, 0.5) is 0 Å². The molecule has 1 rings (SSSR count). The Morgan fingerprint density at radius 2 is 1.95 bits per heavy atom. The van der Waals surface area contributed by atoms with E-state index in [-0.39, 0.29) is 12.6 Å². The Balaban J connectivity index is 2.55. The normalized spacial score (nSPS) is 13.7. The molecule has 0 aromatic carbocycles. The van der Waals surface area contributed by atoms with Gasteiger partial charge in [0.25, 0.3) is 0 Å². The van der Waals surface area contributed by atoms with E-state index in [0.29, 0.717) is 6.54 Å². The monoisotopic (exact) mass is 285 g/mol. The van der Waals surface area contributed by atoms with Crippen LogP contribution in [0, 0.1) is 6.92 Å². The van der Waals surface area contributed by atoms with Crippen LogP contribution < -0.4 is 10.0 Å². The van der Waals surface area contributed by atoms with E-state index >= 15 is 0 Å². The fraction of sp³-hybridized carbons (Fsp3) is 0.615. The van der Waals surface area contributed by atoms with Crippen molar-refractivity contribution in [2.75, 3.05) is 6.54 Å². The maximum Gasteiger partial charge on any atom is 0.215 e. The zero-order valence-electron chi connectivity index (χ0n) is 12.0. The standard InChI is InChI=1S/C13H23N3O2S/c1-10(2)14-8-12(4)19(17,18)15-9-13-7-5-6-11(3)16-13/h5-7,10,12,14-15H,8-9H2,1-4H3. The molecule has 0 aliphatic carbocycles. The minimum absolute atomic E-state index is 0.232. The predicted octanol–water partition coefficient (Wildman–Crippen LogP) is 1.20. The Labute approximate surface area is 115 Å². The molecular formula is C13H23N3O2S. The summed E-state index contributed by atoms with van der Waals surface area (Å²) in [7, 11) is -3.32. The topological polar surface area (TPSA) is 71.1 Å². The summed E-state index contributed by atoms with van der Waals surface area (Å²) in [4.78, 5) is 4.27. The minimum atomic E-state index is -3.32. The number of pyridine rings is 1. The number of nitrogens with zero attached hydrogens (tertiary/aromatic N) is 1. The second-order valence-electron chi connectivity index (χ2n) is 5.01. The van der Waals surface area contributed by atoms with Gasteiger partial charge < -0.3 is 5.32 Å². The molecule has 1 heterocycles. The smallest absolute Gasteiger partial charge is 0.215 e. The van der Waals surface area contributed by atoms with Crippen LogP contribution in [-0.2, 0) is 16.6 Å². The first-order valence-electron chi connectivity index (χ1n) is 6.45. The second kappa shape index (κ2) is 6.98. The lowest BCUT2D eigenvalue weighted by atomic mass is 10.3. The first-order valence-corrected chi connectivity index (χ1v) is 8.00. The van der Waals surface area contributed by atoms with E-state index in [1.807, 2.05) is 39.0 Å². The van der Waals surface area contributed by atoms with Crippen molar-refractivity contribution >= 4 is 10.0 Å². The second-order valence-corrected chi connectivity index (χ2v) is 7.19. The van der Waals surface area contributed by atoms with Crippen molar-refractivity contribution in [1.82, 2.24) is 15.0 Å². The molecule has 1 atom stereocenters. The van der Waals surface area contributed by atoms with Gasteiger partial charge in [0.1, 0.15) is 0 Å². The SMILES string of the molecule is Cc1cccc(CNS(=O)(=O)C(C)CNC(C)C)n1. The average Bonchev–Trinajstić information content (AvgIpc) is 2.33. The van der Waals surface area contributed by atoms with Gasteiger partial charge >= 0.3 is 0 Å². The van der Waals surface area contributed by atoms with Gasteiger partial charge in [-0.3, -0.25) is 4.98 Å². The fourth-order valence-corrected chi connectivity index (χ4v) is 2.48. The van der Waals surface area contributed by atoms with Gasteiger partial charge in [0, 0.05) is 18.3 Å². The number of hydrogen-bond donors (Lipinski definition) is 2. The molecule has 0 saturated heterocycles. The Morgan fingerprint density at radius 3 is 2.53 bits per heavy atom. The summed E-state index contributed by atoms with van der Waals surface area (Å²) >= 11 is 0. The summed E-state index contributed by atoms with van der Waals surface area (Å²) < 4.78 is 26.6. The molecule has 0 bridgehead atoms. The molecule has 1 aromatic heterocycles. The molecule has 6 heteroatoms. The van der Waals surface area contributed by atoms with Gasteiger partial charge in [0.15, 0.2) is 0 Å². The lowest BCUT2D eigenvalue weighted by Crippen LogP contribution is -2.40. The molecular weight excluding hydrogens is 262 g/mol. The summed E-state index contributed by atoms with van der Waals surface area (Å²) in [6.07, 6.45) is 0. The Hall–Kier alpha value is -0.980. The molecule has 1 aromatic rings. The quantitative estimate of drug-likeness (QED) is 0.789. The van der Waals surface area contributed by atoms with Crippen LogP contribution in [0.1, 0.15) is 32.2 Å². The maximum absolute atomic E-state index is 12.0. The molecule has 108 valence electrons. The summed E-state index contributed by atoms with van der Waals surface area (Å²) in [5.41, 5.74) is 1.61. The number of sulfonamides is 1. The molecule has 0 fully saturated rings. The summed E-state index contributed by atoms with van der Waals surface area (Å²) in [5, 5.41) is 2.65. The zero-order valence-corrected chi connectivity index (χ0v) is 12.8. The van der Waals surface area contributed by atoms with Gasteiger partial charge in [-0.2, -0.15) is 0 Å². The predicted molar refractivity (Wildman–Crippen MR) is 77.3 cm³/mol. The van der Waals surface area contributed by atoms with Crippen LogP contribution >= 0.6 is 0 Å². The molecule has 5 nitrogen and oxygen atoms in total. The van der Waals surface area contributed by atoms with E-state index in [1.54, 1.807) is 6.92 Å². The van der Waals surface area contributed by atoms with Crippen LogP contribution in [0.5, 0.6) is 0 Å². The van der Waals surface area contributed by atoms with Gasteiger partial charge in [-0.1, -0.05) is 19.9 Å². The van der Waals surface area contributed by atoms with E-state index < -0.39 is 15.3 Å². The lowest BCUT2D eigenvalue weighted by molar-refractivity contribution is 0.540. The molecule has 0 spiro atoms. The first kappa shape index (κ1) is 16.1. The van der Waals surface area contributed by atoms with Gasteiger partial charge in [0.2, 0.25) is 10.0 Å². The van der Waals surface area contributed by atoms with Crippen molar-refractivity contribution in [3.63, 3.8) is 0 Å². The maximum atomic E-state index is 12.0. The van der Waals surface area contributed by atoms with Crippen LogP contribution in [-0.4, -0.2) is 31.2 Å². The fourth-order valence-electron chi connectivity index (χ4n) is 1.53. The average molecular weight is 285 g/mol. The van der Waals surface area contributed by atoms with Gasteiger partial charge in [-0.05, 0) is 26.0 Å². The molecule has 1 unspecified atom stereocenters. The molecule has 0 saturated carbocycles. The number of nitrogens with one attached hydrogen (secondary N) is 2. The number of rotatable bonds is 7. The highest BCUT2D eigenvalue weighted by atomic mass is 32.2. The van der Waals surface area contributed by atoms with Crippen molar-refractivity contribution in [3.8, 4) is 0 Å². The first-order chi connectivity index (χ1) is 8.81. The Bertz CT molecular complexity index is 500. The summed E-state index contributed by atoms with van der Waals surface area (Å²) in [6.45, 7) is 8.23. The molecule has 0 aliphatic heterocycles. The van der Waals surface area contributed by atoms with E-state index in [2.05, 4.69) is 15.0 Å². The minimum Gasteiger partial charge on any atom is -0.313 e. The number of aromatic nitrogens is 1. The largest absolute Gasteiger partial charge is 0.313 e. The summed E-state index contributed by atoms with van der Waals surface area (Å²) in [5.74, 6) is 0. The third-order valence-electron chi connectivity index (χ3n) is 2.74. The lowest BCUT2D eigenvalue weighted by Gasteiger charge is -2.16. The van der Waals surface area contributed by atoms with Crippen LogP contribution in [0.15, 0.2) is 18.2 Å². The van der Waals surface area contributed by atoms with E-state index in [9.17, 15) is 8.42 Å². The molecule has 0 amide bonds.